The van der Waals surface area contributed by atoms with Crippen molar-refractivity contribution in [3.05, 3.63) is 24.3 Å². The van der Waals surface area contributed by atoms with Gasteiger partial charge in [0.2, 0.25) is 5.91 Å². The largest absolute Gasteiger partial charge is 0.353 e. The van der Waals surface area contributed by atoms with Crippen LogP contribution in [0.5, 0.6) is 0 Å². The van der Waals surface area contributed by atoms with E-state index in [1.807, 2.05) is 14.1 Å². The Bertz CT molecular complexity index is 641. The average Bonchev–Trinajstić information content (AvgIpc) is 3.03. The summed E-state index contributed by atoms with van der Waals surface area (Å²) in [5.74, 6) is 0.241. The number of carbonyl (C=O) groups excluding carboxylic acids is 1. The molecular weight excluding hydrogens is 548 g/mol. The molecule has 266 valence electrons. The van der Waals surface area contributed by atoms with Crippen LogP contribution in [0.3, 0.4) is 0 Å². The van der Waals surface area contributed by atoms with Crippen LogP contribution in [0.15, 0.2) is 24.3 Å². The standard InChI is InChI=1S/C42H82N2O/c1-5-7-9-11-13-15-17-19-21-23-25-27-29-31-33-35-37-41(43-42(45)39-40-44(3)4)38-36-34-32-30-28-26-24-22-20-18-16-14-12-10-8-6-2/h13,15,19,21,41H,5-12,14,16-18,20,22-40H2,1-4H3,(H,43,45). The van der Waals surface area contributed by atoms with Gasteiger partial charge in [0.05, 0.1) is 0 Å². The zero-order chi connectivity index (χ0) is 32.9. The summed E-state index contributed by atoms with van der Waals surface area (Å²) in [6.45, 7) is 5.40. The molecule has 0 spiro atoms. The fourth-order valence-corrected chi connectivity index (χ4v) is 6.23. The molecule has 0 aliphatic carbocycles. The Kier molecular flexibility index (Phi) is 36.5. The highest BCUT2D eigenvalue weighted by atomic mass is 16.1. The summed E-state index contributed by atoms with van der Waals surface area (Å²) in [6, 6.07) is 0.372. The molecule has 0 aromatic rings. The molecule has 0 rings (SSSR count). The molecule has 0 aliphatic rings. The van der Waals surface area contributed by atoms with E-state index >= 15 is 0 Å². The minimum Gasteiger partial charge on any atom is -0.353 e. The lowest BCUT2D eigenvalue weighted by Crippen LogP contribution is -2.36. The van der Waals surface area contributed by atoms with Crippen LogP contribution in [-0.4, -0.2) is 37.5 Å². The minimum absolute atomic E-state index is 0.241. The maximum Gasteiger partial charge on any atom is 0.221 e. The Morgan fingerprint density at radius 3 is 1.29 bits per heavy atom. The van der Waals surface area contributed by atoms with Crippen molar-refractivity contribution in [3.8, 4) is 0 Å². The van der Waals surface area contributed by atoms with Crippen molar-refractivity contribution in [1.29, 1.82) is 0 Å². The van der Waals surface area contributed by atoms with Gasteiger partial charge in [0.25, 0.3) is 0 Å². The van der Waals surface area contributed by atoms with Gasteiger partial charge in [0, 0.05) is 19.0 Å². The van der Waals surface area contributed by atoms with Crippen molar-refractivity contribution >= 4 is 5.91 Å². The number of hydrogen-bond acceptors (Lipinski definition) is 2. The molecule has 3 nitrogen and oxygen atoms in total. The lowest BCUT2D eigenvalue weighted by molar-refractivity contribution is -0.122. The van der Waals surface area contributed by atoms with E-state index in [1.165, 1.54) is 173 Å². The van der Waals surface area contributed by atoms with Crippen molar-refractivity contribution in [3.63, 3.8) is 0 Å². The minimum atomic E-state index is 0.241. The number of nitrogens with one attached hydrogen (secondary N) is 1. The Morgan fingerprint density at radius 1 is 0.511 bits per heavy atom. The van der Waals surface area contributed by atoms with Crippen LogP contribution in [0.4, 0.5) is 0 Å². The summed E-state index contributed by atoms with van der Waals surface area (Å²) in [7, 11) is 4.09. The summed E-state index contributed by atoms with van der Waals surface area (Å²) in [5.41, 5.74) is 0. The third-order valence-electron chi connectivity index (χ3n) is 9.31. The molecule has 1 atom stereocenters. The second-order valence-corrected chi connectivity index (χ2v) is 14.3. The molecule has 0 bridgehead atoms. The third-order valence-corrected chi connectivity index (χ3v) is 9.31. The predicted molar refractivity (Wildman–Crippen MR) is 203 cm³/mol. The molecule has 0 aromatic heterocycles. The number of unbranched alkanes of at least 4 members (excludes halogenated alkanes) is 24. The van der Waals surface area contributed by atoms with Gasteiger partial charge in [0.1, 0.15) is 0 Å². The van der Waals surface area contributed by atoms with E-state index in [-0.39, 0.29) is 5.91 Å². The maximum atomic E-state index is 12.6. The molecule has 0 saturated heterocycles. The van der Waals surface area contributed by atoms with E-state index in [9.17, 15) is 4.79 Å². The Hall–Kier alpha value is -1.09. The van der Waals surface area contributed by atoms with Gasteiger partial charge in [-0.3, -0.25) is 4.79 Å². The van der Waals surface area contributed by atoms with Crippen LogP contribution in [0.25, 0.3) is 0 Å². The number of carbonyl (C=O) groups is 1. The van der Waals surface area contributed by atoms with Gasteiger partial charge < -0.3 is 10.2 Å². The average molecular weight is 631 g/mol. The summed E-state index contributed by atoms with van der Waals surface area (Å²) in [4.78, 5) is 14.7. The van der Waals surface area contributed by atoms with Crippen molar-refractivity contribution in [2.75, 3.05) is 20.6 Å². The summed E-state index contributed by atoms with van der Waals surface area (Å²) < 4.78 is 0. The van der Waals surface area contributed by atoms with E-state index in [4.69, 9.17) is 0 Å². The van der Waals surface area contributed by atoms with Crippen molar-refractivity contribution < 1.29 is 4.79 Å². The van der Waals surface area contributed by atoms with Gasteiger partial charge >= 0.3 is 0 Å². The molecule has 3 heteroatoms. The molecular formula is C42H82N2O. The van der Waals surface area contributed by atoms with Gasteiger partial charge in [-0.2, -0.15) is 0 Å². The number of rotatable bonds is 36. The lowest BCUT2D eigenvalue weighted by atomic mass is 9.99. The highest BCUT2D eigenvalue weighted by molar-refractivity contribution is 5.76. The topological polar surface area (TPSA) is 32.3 Å². The van der Waals surface area contributed by atoms with Crippen molar-refractivity contribution in [2.45, 2.75) is 219 Å². The number of nitrogens with zero attached hydrogens (tertiary/aromatic N) is 1. The third kappa shape index (κ3) is 37.2. The molecule has 0 fully saturated rings. The number of hydrogen-bond donors (Lipinski definition) is 1. The summed E-state index contributed by atoms with van der Waals surface area (Å²) in [6.07, 6.45) is 50.3. The molecule has 0 saturated carbocycles. The van der Waals surface area contributed by atoms with Crippen LogP contribution in [-0.2, 0) is 4.79 Å². The first-order chi connectivity index (χ1) is 22.1. The first kappa shape index (κ1) is 43.9. The summed E-state index contributed by atoms with van der Waals surface area (Å²) in [5, 5.41) is 3.40. The van der Waals surface area contributed by atoms with E-state index in [0.717, 1.165) is 25.8 Å². The van der Waals surface area contributed by atoms with E-state index < -0.39 is 0 Å². The zero-order valence-corrected chi connectivity index (χ0v) is 31.4. The Balaban J connectivity index is 3.88. The second-order valence-electron chi connectivity index (χ2n) is 14.3. The lowest BCUT2D eigenvalue weighted by Gasteiger charge is -2.20. The first-order valence-corrected chi connectivity index (χ1v) is 20.3. The second kappa shape index (κ2) is 37.4. The Morgan fingerprint density at radius 2 is 0.867 bits per heavy atom. The molecule has 1 N–H and O–H groups in total. The van der Waals surface area contributed by atoms with E-state index in [2.05, 4.69) is 48.4 Å². The van der Waals surface area contributed by atoms with E-state index in [1.54, 1.807) is 0 Å². The van der Waals surface area contributed by atoms with Gasteiger partial charge in [0.15, 0.2) is 0 Å². The molecule has 1 unspecified atom stereocenters. The Labute approximate surface area is 284 Å². The predicted octanol–water partition coefficient (Wildman–Crippen LogP) is 13.3. The fraction of sp³-hybridized carbons (Fsp3) is 0.881. The van der Waals surface area contributed by atoms with Crippen LogP contribution < -0.4 is 5.32 Å². The first-order valence-electron chi connectivity index (χ1n) is 20.3. The molecule has 0 heterocycles. The molecule has 1 amide bonds. The van der Waals surface area contributed by atoms with Gasteiger partial charge in [-0.25, -0.2) is 0 Å². The molecule has 0 aliphatic heterocycles. The maximum absolute atomic E-state index is 12.6. The van der Waals surface area contributed by atoms with Crippen LogP contribution >= 0.6 is 0 Å². The fourth-order valence-electron chi connectivity index (χ4n) is 6.23. The highest BCUT2D eigenvalue weighted by Gasteiger charge is 2.12. The number of amides is 1. The van der Waals surface area contributed by atoms with Crippen LogP contribution in [0.1, 0.15) is 213 Å². The zero-order valence-electron chi connectivity index (χ0n) is 31.4. The smallest absolute Gasteiger partial charge is 0.221 e. The normalized spacial score (nSPS) is 12.6. The van der Waals surface area contributed by atoms with Gasteiger partial charge in [-0.1, -0.05) is 186 Å². The van der Waals surface area contributed by atoms with E-state index in [0.29, 0.717) is 12.5 Å². The van der Waals surface area contributed by atoms with Crippen molar-refractivity contribution in [1.82, 2.24) is 10.2 Å². The monoisotopic (exact) mass is 631 g/mol. The van der Waals surface area contributed by atoms with Gasteiger partial charge in [-0.05, 0) is 59.0 Å². The van der Waals surface area contributed by atoms with Crippen LogP contribution in [0, 0.1) is 0 Å². The SMILES string of the molecule is CCCCCC=CCC=CCCCCCCCCC(CCCCCCCCCCCCCCCCCC)NC(=O)CCN(C)C. The summed E-state index contributed by atoms with van der Waals surface area (Å²) >= 11 is 0. The quantitative estimate of drug-likeness (QED) is 0.0552. The van der Waals surface area contributed by atoms with Crippen LogP contribution in [0.2, 0.25) is 0 Å². The highest BCUT2D eigenvalue weighted by Crippen LogP contribution is 2.17. The molecule has 45 heavy (non-hydrogen) atoms. The van der Waals surface area contributed by atoms with Gasteiger partial charge in [-0.15, -0.1) is 0 Å². The molecule has 0 radical (unpaired) electrons. The van der Waals surface area contributed by atoms with Crippen molar-refractivity contribution in [2.24, 2.45) is 0 Å². The number of allylic oxidation sites excluding steroid dienone is 4. The molecule has 0 aromatic carbocycles.